The van der Waals surface area contributed by atoms with Crippen molar-refractivity contribution in [2.24, 2.45) is 0 Å². The van der Waals surface area contributed by atoms with E-state index in [-0.39, 0.29) is 18.3 Å². The van der Waals surface area contributed by atoms with Crippen LogP contribution in [0.5, 0.6) is 0 Å². The fourth-order valence-corrected chi connectivity index (χ4v) is 2.35. The minimum atomic E-state index is -0.232. The number of aliphatic hydroxyl groups is 1. The van der Waals surface area contributed by atoms with Gasteiger partial charge in [0.05, 0.1) is 24.0 Å². The fraction of sp³-hybridized carbons (Fsp3) is 0.750. The second-order valence-electron chi connectivity index (χ2n) is 5.28. The smallest absolute Gasteiger partial charge is 0.133 e. The molecule has 0 aromatic carbocycles. The third-order valence-corrected chi connectivity index (χ3v) is 2.82. The normalized spacial score (nSPS) is 25.1. The van der Waals surface area contributed by atoms with Crippen LogP contribution in [0.4, 0.5) is 0 Å². The predicted molar refractivity (Wildman–Crippen MR) is 62.6 cm³/mol. The molecule has 0 amide bonds. The SMILES string of the molecule is Cc1cc(CN2CC(CO)OC(C)(C)C2)no1. The molecule has 1 aliphatic heterocycles. The van der Waals surface area contributed by atoms with Gasteiger partial charge in [-0.2, -0.15) is 0 Å². The monoisotopic (exact) mass is 240 g/mol. The Morgan fingerprint density at radius 1 is 1.59 bits per heavy atom. The molecule has 1 saturated heterocycles. The van der Waals surface area contributed by atoms with Crippen LogP contribution in [-0.2, 0) is 11.3 Å². The molecule has 1 atom stereocenters. The Morgan fingerprint density at radius 3 is 2.94 bits per heavy atom. The van der Waals surface area contributed by atoms with Crippen molar-refractivity contribution in [3.8, 4) is 0 Å². The van der Waals surface area contributed by atoms with Crippen LogP contribution in [0.3, 0.4) is 0 Å². The van der Waals surface area contributed by atoms with Crippen molar-refractivity contribution in [3.05, 3.63) is 17.5 Å². The molecule has 1 aliphatic rings. The minimum Gasteiger partial charge on any atom is -0.394 e. The van der Waals surface area contributed by atoms with E-state index in [0.29, 0.717) is 0 Å². The van der Waals surface area contributed by atoms with Crippen LogP contribution >= 0.6 is 0 Å². The number of rotatable bonds is 3. The van der Waals surface area contributed by atoms with Crippen molar-refractivity contribution in [1.29, 1.82) is 0 Å². The van der Waals surface area contributed by atoms with Crippen LogP contribution in [0.1, 0.15) is 25.3 Å². The van der Waals surface area contributed by atoms with Gasteiger partial charge in [0.1, 0.15) is 5.76 Å². The number of morpholine rings is 1. The maximum atomic E-state index is 9.23. The summed E-state index contributed by atoms with van der Waals surface area (Å²) in [4.78, 5) is 2.24. The molecule has 1 aromatic rings. The minimum absolute atomic E-state index is 0.0533. The average molecular weight is 240 g/mol. The maximum Gasteiger partial charge on any atom is 0.133 e. The predicted octanol–water partition coefficient (Wildman–Crippen LogP) is 0.955. The topological polar surface area (TPSA) is 58.7 Å². The van der Waals surface area contributed by atoms with Crippen molar-refractivity contribution in [3.63, 3.8) is 0 Å². The third kappa shape index (κ3) is 3.28. The van der Waals surface area contributed by atoms with Crippen LogP contribution < -0.4 is 0 Å². The van der Waals surface area contributed by atoms with E-state index < -0.39 is 0 Å². The first-order valence-corrected chi connectivity index (χ1v) is 5.92. The van der Waals surface area contributed by atoms with Gasteiger partial charge in [-0.05, 0) is 20.8 Å². The summed E-state index contributed by atoms with van der Waals surface area (Å²) >= 11 is 0. The molecule has 1 N–H and O–H groups in total. The molecule has 17 heavy (non-hydrogen) atoms. The maximum absolute atomic E-state index is 9.23. The van der Waals surface area contributed by atoms with Crippen molar-refractivity contribution >= 4 is 0 Å². The Hall–Kier alpha value is -0.910. The van der Waals surface area contributed by atoms with Gasteiger partial charge in [-0.25, -0.2) is 0 Å². The highest BCUT2D eigenvalue weighted by Gasteiger charge is 2.33. The number of aryl methyl sites for hydroxylation is 1. The molecular formula is C12H20N2O3. The molecule has 2 heterocycles. The number of nitrogens with zero attached hydrogens (tertiary/aromatic N) is 2. The van der Waals surface area contributed by atoms with Gasteiger partial charge in [0, 0.05) is 25.7 Å². The van der Waals surface area contributed by atoms with Gasteiger partial charge in [0.2, 0.25) is 0 Å². The van der Waals surface area contributed by atoms with Gasteiger partial charge in [-0.3, -0.25) is 4.90 Å². The van der Waals surface area contributed by atoms with Crippen LogP contribution in [-0.4, -0.2) is 46.6 Å². The second kappa shape index (κ2) is 4.76. The van der Waals surface area contributed by atoms with Crippen molar-refractivity contribution < 1.29 is 14.4 Å². The molecule has 0 radical (unpaired) electrons. The van der Waals surface area contributed by atoms with E-state index in [9.17, 15) is 5.11 Å². The largest absolute Gasteiger partial charge is 0.394 e. The lowest BCUT2D eigenvalue weighted by Crippen LogP contribution is -2.53. The van der Waals surface area contributed by atoms with Crippen molar-refractivity contribution in [1.82, 2.24) is 10.1 Å². The molecule has 5 heteroatoms. The van der Waals surface area contributed by atoms with Crippen LogP contribution in [0.25, 0.3) is 0 Å². The van der Waals surface area contributed by atoms with Gasteiger partial charge in [-0.15, -0.1) is 0 Å². The first-order chi connectivity index (χ1) is 7.98. The highest BCUT2D eigenvalue weighted by atomic mass is 16.5. The van der Waals surface area contributed by atoms with E-state index in [2.05, 4.69) is 10.1 Å². The number of ether oxygens (including phenoxy) is 1. The average Bonchev–Trinajstić information content (AvgIpc) is 2.61. The highest BCUT2D eigenvalue weighted by Crippen LogP contribution is 2.22. The Bertz CT molecular complexity index is 376. The molecule has 2 rings (SSSR count). The van der Waals surface area contributed by atoms with E-state index in [1.54, 1.807) is 0 Å². The zero-order chi connectivity index (χ0) is 12.5. The number of hydrogen-bond donors (Lipinski definition) is 1. The van der Waals surface area contributed by atoms with E-state index >= 15 is 0 Å². The summed E-state index contributed by atoms with van der Waals surface area (Å²) < 4.78 is 10.8. The number of hydrogen-bond acceptors (Lipinski definition) is 5. The zero-order valence-corrected chi connectivity index (χ0v) is 10.6. The van der Waals surface area contributed by atoms with Gasteiger partial charge < -0.3 is 14.4 Å². The molecule has 1 aromatic heterocycles. The molecule has 5 nitrogen and oxygen atoms in total. The third-order valence-electron chi connectivity index (χ3n) is 2.82. The lowest BCUT2D eigenvalue weighted by atomic mass is 10.1. The highest BCUT2D eigenvalue weighted by molar-refractivity contribution is 5.04. The standard InChI is InChI=1S/C12H20N2O3/c1-9-4-10(13-17-9)5-14-6-11(7-15)16-12(2,3)8-14/h4,11,15H,5-8H2,1-3H3. The molecule has 0 spiro atoms. The van der Waals surface area contributed by atoms with E-state index in [4.69, 9.17) is 9.26 Å². The summed E-state index contributed by atoms with van der Waals surface area (Å²) in [6.45, 7) is 8.31. The van der Waals surface area contributed by atoms with Gasteiger partial charge >= 0.3 is 0 Å². The molecule has 0 aliphatic carbocycles. The van der Waals surface area contributed by atoms with Gasteiger partial charge in [0.25, 0.3) is 0 Å². The lowest BCUT2D eigenvalue weighted by Gasteiger charge is -2.42. The molecular weight excluding hydrogens is 220 g/mol. The molecule has 0 saturated carbocycles. The van der Waals surface area contributed by atoms with Gasteiger partial charge in [0.15, 0.2) is 0 Å². The summed E-state index contributed by atoms with van der Waals surface area (Å²) in [7, 11) is 0. The zero-order valence-electron chi connectivity index (χ0n) is 10.6. The lowest BCUT2D eigenvalue weighted by molar-refractivity contribution is -0.150. The van der Waals surface area contributed by atoms with Crippen LogP contribution in [0.2, 0.25) is 0 Å². The Morgan fingerprint density at radius 2 is 2.35 bits per heavy atom. The van der Waals surface area contributed by atoms with Crippen LogP contribution in [0, 0.1) is 6.92 Å². The van der Waals surface area contributed by atoms with Crippen molar-refractivity contribution in [2.45, 2.75) is 39.0 Å². The van der Waals surface area contributed by atoms with Crippen molar-refractivity contribution in [2.75, 3.05) is 19.7 Å². The summed E-state index contributed by atoms with van der Waals surface area (Å²) in [5.41, 5.74) is 0.696. The molecule has 1 unspecified atom stereocenters. The number of aliphatic hydroxyl groups excluding tert-OH is 1. The molecule has 1 fully saturated rings. The summed E-state index contributed by atoms with van der Waals surface area (Å²) in [5.74, 6) is 0.825. The fourth-order valence-electron chi connectivity index (χ4n) is 2.35. The Balaban J connectivity index is 2.00. The number of aromatic nitrogens is 1. The Labute approximate surface area is 101 Å². The quantitative estimate of drug-likeness (QED) is 0.852. The summed E-state index contributed by atoms with van der Waals surface area (Å²) in [6, 6.07) is 1.94. The first kappa shape index (κ1) is 12.5. The molecule has 0 bridgehead atoms. The Kier molecular flexibility index (Phi) is 3.51. The van der Waals surface area contributed by atoms with Crippen LogP contribution in [0.15, 0.2) is 10.6 Å². The van der Waals surface area contributed by atoms with E-state index in [1.807, 2.05) is 26.8 Å². The second-order valence-corrected chi connectivity index (χ2v) is 5.28. The first-order valence-electron chi connectivity index (χ1n) is 5.92. The molecule has 96 valence electrons. The van der Waals surface area contributed by atoms with E-state index in [1.165, 1.54) is 0 Å². The van der Waals surface area contributed by atoms with Gasteiger partial charge in [-0.1, -0.05) is 5.16 Å². The van der Waals surface area contributed by atoms with E-state index in [0.717, 1.165) is 31.1 Å². The summed E-state index contributed by atoms with van der Waals surface area (Å²) in [6.07, 6.45) is -0.119. The summed E-state index contributed by atoms with van der Waals surface area (Å²) in [5, 5.41) is 13.2.